The van der Waals surface area contributed by atoms with Crippen LogP contribution in [0.4, 0.5) is 0 Å². The second-order valence-corrected chi connectivity index (χ2v) is 5.44. The molecule has 1 aliphatic heterocycles. The summed E-state index contributed by atoms with van der Waals surface area (Å²) in [5.41, 5.74) is 0. The van der Waals surface area contributed by atoms with Gasteiger partial charge in [-0.1, -0.05) is 13.3 Å². The molecule has 19 heavy (non-hydrogen) atoms. The summed E-state index contributed by atoms with van der Waals surface area (Å²) < 4.78 is 10.8. The minimum Gasteiger partial charge on any atom is -0.393 e. The number of nitrogens with zero attached hydrogens (tertiary/aromatic N) is 1. The number of ether oxygens (including phenoxy) is 2. The Hall–Kier alpha value is -0.650. The monoisotopic (exact) mass is 271 g/mol. The molecule has 5 heteroatoms. The van der Waals surface area contributed by atoms with Crippen molar-refractivity contribution in [2.45, 2.75) is 44.8 Å². The Kier molecular flexibility index (Phi) is 5.60. The number of rotatable bonds is 5. The van der Waals surface area contributed by atoms with Crippen molar-refractivity contribution < 1.29 is 19.4 Å². The molecule has 1 saturated heterocycles. The van der Waals surface area contributed by atoms with Gasteiger partial charge < -0.3 is 19.5 Å². The van der Waals surface area contributed by atoms with E-state index in [-0.39, 0.29) is 30.6 Å². The molecular formula is C14H25NO4. The molecule has 0 aromatic heterocycles. The van der Waals surface area contributed by atoms with Crippen LogP contribution in [0.15, 0.2) is 0 Å². The standard InChI is InChI=1S/C14H25NO4/c1-2-7-18-10-14(17)15-6-8-19-9-12(15)11-4-3-5-13(11)16/h11-13,16H,2-10H2,1H3/t11-,12+,13+/m0/s1. The largest absolute Gasteiger partial charge is 0.393 e. The van der Waals surface area contributed by atoms with Gasteiger partial charge in [0.15, 0.2) is 0 Å². The van der Waals surface area contributed by atoms with Gasteiger partial charge in [0.05, 0.1) is 25.4 Å². The molecule has 0 radical (unpaired) electrons. The summed E-state index contributed by atoms with van der Waals surface area (Å²) in [6.07, 6.45) is 3.49. The molecule has 1 aliphatic carbocycles. The first-order chi connectivity index (χ1) is 9.24. The predicted octanol–water partition coefficient (Wildman–Crippen LogP) is 0.801. The molecule has 0 unspecified atom stereocenters. The van der Waals surface area contributed by atoms with Gasteiger partial charge in [0.1, 0.15) is 6.61 Å². The van der Waals surface area contributed by atoms with Crippen LogP contribution < -0.4 is 0 Å². The normalized spacial score (nSPS) is 31.7. The lowest BCUT2D eigenvalue weighted by Crippen LogP contribution is -2.54. The highest BCUT2D eigenvalue weighted by Crippen LogP contribution is 2.32. The number of hydrogen-bond acceptors (Lipinski definition) is 4. The highest BCUT2D eigenvalue weighted by molar-refractivity contribution is 5.78. The highest BCUT2D eigenvalue weighted by Gasteiger charge is 2.39. The summed E-state index contributed by atoms with van der Waals surface area (Å²) in [7, 11) is 0. The van der Waals surface area contributed by atoms with Crippen molar-refractivity contribution in [1.82, 2.24) is 4.90 Å². The van der Waals surface area contributed by atoms with E-state index in [2.05, 4.69) is 0 Å². The molecule has 0 aromatic rings. The van der Waals surface area contributed by atoms with E-state index in [0.29, 0.717) is 26.4 Å². The van der Waals surface area contributed by atoms with Crippen LogP contribution in [-0.2, 0) is 14.3 Å². The van der Waals surface area contributed by atoms with Crippen molar-refractivity contribution in [2.24, 2.45) is 5.92 Å². The summed E-state index contributed by atoms with van der Waals surface area (Å²) in [5, 5.41) is 10.0. The topological polar surface area (TPSA) is 59.0 Å². The van der Waals surface area contributed by atoms with Gasteiger partial charge in [0.25, 0.3) is 0 Å². The average molecular weight is 271 g/mol. The van der Waals surface area contributed by atoms with Gasteiger partial charge in [0, 0.05) is 19.1 Å². The molecule has 2 rings (SSSR count). The number of carbonyl (C=O) groups is 1. The SMILES string of the molecule is CCCOCC(=O)N1CCOC[C@@H]1[C@@H]1CCC[C@H]1O. The molecule has 110 valence electrons. The quantitative estimate of drug-likeness (QED) is 0.752. The van der Waals surface area contributed by atoms with Crippen LogP contribution in [-0.4, -0.2) is 61.0 Å². The zero-order valence-electron chi connectivity index (χ0n) is 11.7. The number of morpholine rings is 1. The Bertz CT molecular complexity index is 297. The third-order valence-corrected chi connectivity index (χ3v) is 4.09. The third-order valence-electron chi connectivity index (χ3n) is 4.09. The van der Waals surface area contributed by atoms with Crippen molar-refractivity contribution in [3.63, 3.8) is 0 Å². The van der Waals surface area contributed by atoms with E-state index in [9.17, 15) is 9.90 Å². The second-order valence-electron chi connectivity index (χ2n) is 5.44. The van der Waals surface area contributed by atoms with Crippen LogP contribution in [0, 0.1) is 5.92 Å². The molecule has 5 nitrogen and oxygen atoms in total. The fourth-order valence-electron chi connectivity index (χ4n) is 3.09. The van der Waals surface area contributed by atoms with Crippen LogP contribution in [0.5, 0.6) is 0 Å². The van der Waals surface area contributed by atoms with Crippen molar-refractivity contribution in [3.05, 3.63) is 0 Å². The minimum atomic E-state index is -0.293. The first kappa shape index (κ1) is 14.8. The summed E-state index contributed by atoms with van der Waals surface area (Å²) >= 11 is 0. The van der Waals surface area contributed by atoms with Gasteiger partial charge in [-0.05, 0) is 19.3 Å². The Labute approximate surface area is 114 Å². The third kappa shape index (κ3) is 3.68. The first-order valence-electron chi connectivity index (χ1n) is 7.37. The molecule has 3 atom stereocenters. The molecule has 1 heterocycles. The molecule has 0 spiro atoms. The summed E-state index contributed by atoms with van der Waals surface area (Å²) in [5.74, 6) is 0.191. The van der Waals surface area contributed by atoms with Crippen LogP contribution in [0.3, 0.4) is 0 Å². The Morgan fingerprint density at radius 3 is 3.00 bits per heavy atom. The second kappa shape index (κ2) is 7.22. The van der Waals surface area contributed by atoms with Crippen molar-refractivity contribution in [2.75, 3.05) is 33.0 Å². The van der Waals surface area contributed by atoms with E-state index in [1.54, 1.807) is 0 Å². The molecule has 1 N–H and O–H groups in total. The summed E-state index contributed by atoms with van der Waals surface area (Å²) in [4.78, 5) is 14.1. The average Bonchev–Trinajstić information content (AvgIpc) is 2.85. The highest BCUT2D eigenvalue weighted by atomic mass is 16.5. The summed E-state index contributed by atoms with van der Waals surface area (Å²) in [6.45, 7) is 4.53. The number of hydrogen-bond donors (Lipinski definition) is 1. The first-order valence-corrected chi connectivity index (χ1v) is 7.37. The zero-order chi connectivity index (χ0) is 13.7. The maximum absolute atomic E-state index is 12.2. The van der Waals surface area contributed by atoms with Crippen molar-refractivity contribution >= 4 is 5.91 Å². The van der Waals surface area contributed by atoms with Crippen LogP contribution in [0.25, 0.3) is 0 Å². The molecule has 2 fully saturated rings. The molecule has 0 bridgehead atoms. The zero-order valence-corrected chi connectivity index (χ0v) is 11.7. The Morgan fingerprint density at radius 2 is 2.32 bits per heavy atom. The van der Waals surface area contributed by atoms with E-state index >= 15 is 0 Å². The molecular weight excluding hydrogens is 246 g/mol. The summed E-state index contributed by atoms with van der Waals surface area (Å²) in [6, 6.07) is 0.0176. The van der Waals surface area contributed by atoms with E-state index in [4.69, 9.17) is 9.47 Å². The molecule has 0 aromatic carbocycles. The minimum absolute atomic E-state index is 0.0176. The van der Waals surface area contributed by atoms with Gasteiger partial charge in [-0.2, -0.15) is 0 Å². The van der Waals surface area contributed by atoms with E-state index < -0.39 is 0 Å². The predicted molar refractivity (Wildman–Crippen MR) is 70.8 cm³/mol. The molecule has 1 amide bonds. The van der Waals surface area contributed by atoms with Crippen LogP contribution in [0.2, 0.25) is 0 Å². The van der Waals surface area contributed by atoms with Gasteiger partial charge in [-0.15, -0.1) is 0 Å². The smallest absolute Gasteiger partial charge is 0.248 e. The molecule has 2 aliphatic rings. The lowest BCUT2D eigenvalue weighted by molar-refractivity contribution is -0.148. The maximum atomic E-state index is 12.2. The van der Waals surface area contributed by atoms with Crippen LogP contribution in [0.1, 0.15) is 32.6 Å². The van der Waals surface area contributed by atoms with E-state index in [1.807, 2.05) is 11.8 Å². The lowest BCUT2D eigenvalue weighted by Gasteiger charge is -2.40. The number of aliphatic hydroxyl groups excluding tert-OH is 1. The number of carbonyl (C=O) groups excluding carboxylic acids is 1. The van der Waals surface area contributed by atoms with Gasteiger partial charge in [-0.3, -0.25) is 4.79 Å². The van der Waals surface area contributed by atoms with Gasteiger partial charge >= 0.3 is 0 Å². The fraction of sp³-hybridized carbons (Fsp3) is 0.929. The Morgan fingerprint density at radius 1 is 1.47 bits per heavy atom. The van der Waals surface area contributed by atoms with Crippen molar-refractivity contribution in [1.29, 1.82) is 0 Å². The lowest BCUT2D eigenvalue weighted by atomic mass is 9.94. The Balaban J connectivity index is 1.93. The number of aliphatic hydroxyl groups is 1. The molecule has 1 saturated carbocycles. The fourth-order valence-corrected chi connectivity index (χ4v) is 3.09. The maximum Gasteiger partial charge on any atom is 0.248 e. The van der Waals surface area contributed by atoms with Crippen molar-refractivity contribution in [3.8, 4) is 0 Å². The van der Waals surface area contributed by atoms with Crippen LogP contribution >= 0.6 is 0 Å². The van der Waals surface area contributed by atoms with Gasteiger partial charge in [0.2, 0.25) is 5.91 Å². The van der Waals surface area contributed by atoms with E-state index in [0.717, 1.165) is 25.7 Å². The van der Waals surface area contributed by atoms with Gasteiger partial charge in [-0.25, -0.2) is 0 Å². The van der Waals surface area contributed by atoms with E-state index in [1.165, 1.54) is 0 Å². The number of amides is 1.